The summed E-state index contributed by atoms with van der Waals surface area (Å²) in [5.41, 5.74) is -1.86. The average Bonchev–Trinajstić information content (AvgIpc) is 2.94. The largest absolute Gasteiger partial charge is 0.469 e. The Hall–Kier alpha value is -3.44. The Bertz CT molecular complexity index is 1420. The summed E-state index contributed by atoms with van der Waals surface area (Å²) >= 11 is 0. The van der Waals surface area contributed by atoms with Crippen molar-refractivity contribution in [2.75, 3.05) is 21.0 Å². The molecule has 0 saturated heterocycles. The molecule has 2 aromatic carbocycles. The van der Waals surface area contributed by atoms with Gasteiger partial charge in [-0.25, -0.2) is 0 Å². The van der Waals surface area contributed by atoms with Crippen molar-refractivity contribution in [2.45, 2.75) is 70.3 Å². The second-order valence-corrected chi connectivity index (χ2v) is 10.4. The molecule has 234 valence electrons. The van der Waals surface area contributed by atoms with E-state index in [-0.39, 0.29) is 12.0 Å². The molecule has 1 aromatic heterocycles. The van der Waals surface area contributed by atoms with Crippen LogP contribution < -0.4 is 0 Å². The minimum absolute atomic E-state index is 0.0685. The van der Waals surface area contributed by atoms with Crippen LogP contribution in [-0.2, 0) is 36.4 Å². The SMILES string of the molecule is CCC(CC)(c1ccc(-c2cncc(CC(=O)OC)c2)c(C)c1)c1ccc(C(OCOC)(C(F)(F)F)C(F)(F)F)c(C)c1. The van der Waals surface area contributed by atoms with Crippen molar-refractivity contribution in [3.63, 3.8) is 0 Å². The van der Waals surface area contributed by atoms with Gasteiger partial charge in [0.15, 0.2) is 0 Å². The molecule has 0 fully saturated rings. The van der Waals surface area contributed by atoms with E-state index in [0.717, 1.165) is 35.4 Å². The molecule has 0 aliphatic carbocycles. The number of aromatic nitrogens is 1. The highest BCUT2D eigenvalue weighted by atomic mass is 19.4. The fraction of sp³-hybridized carbons (Fsp3) is 0.438. The lowest BCUT2D eigenvalue weighted by Crippen LogP contribution is -2.56. The zero-order valence-electron chi connectivity index (χ0n) is 24.9. The Morgan fingerprint density at radius 3 is 1.88 bits per heavy atom. The number of esters is 1. The van der Waals surface area contributed by atoms with E-state index in [0.29, 0.717) is 24.0 Å². The van der Waals surface area contributed by atoms with Gasteiger partial charge < -0.3 is 14.2 Å². The number of aryl methyl sites for hydroxylation is 2. The van der Waals surface area contributed by atoms with Crippen LogP contribution in [0.25, 0.3) is 11.1 Å². The standard InChI is InChI=1S/C32H35F6NO4/c1-7-29(8-2,24-9-11-26(20(3)13-24)23-15-22(17-39-18-23)16-28(40)42-6)25-10-12-27(21(4)14-25)30(31(33,34)35,32(36,37)38)43-19-41-5/h9-15,17-18H,7-8,16,19H2,1-6H3. The van der Waals surface area contributed by atoms with Gasteiger partial charge in [0.2, 0.25) is 0 Å². The van der Waals surface area contributed by atoms with Crippen LogP contribution in [0.4, 0.5) is 26.3 Å². The first-order valence-electron chi connectivity index (χ1n) is 13.6. The Kier molecular flexibility index (Phi) is 10.3. The highest BCUT2D eigenvalue weighted by Crippen LogP contribution is 2.54. The van der Waals surface area contributed by atoms with Crippen LogP contribution >= 0.6 is 0 Å². The summed E-state index contributed by atoms with van der Waals surface area (Å²) in [5, 5.41) is 0. The Labute approximate surface area is 247 Å². The van der Waals surface area contributed by atoms with E-state index in [1.165, 1.54) is 26.2 Å². The van der Waals surface area contributed by atoms with Gasteiger partial charge in [-0.3, -0.25) is 9.78 Å². The van der Waals surface area contributed by atoms with E-state index in [4.69, 9.17) is 4.74 Å². The van der Waals surface area contributed by atoms with Gasteiger partial charge >= 0.3 is 18.3 Å². The molecule has 0 bridgehead atoms. The summed E-state index contributed by atoms with van der Waals surface area (Å²) in [6.07, 6.45) is -7.22. The number of alkyl halides is 6. The monoisotopic (exact) mass is 611 g/mol. The number of hydrogen-bond donors (Lipinski definition) is 0. The van der Waals surface area contributed by atoms with Crippen LogP contribution in [0.1, 0.15) is 60.1 Å². The normalized spacial score (nSPS) is 12.8. The molecule has 0 N–H and O–H groups in total. The van der Waals surface area contributed by atoms with Crippen LogP contribution in [0.3, 0.4) is 0 Å². The minimum Gasteiger partial charge on any atom is -0.469 e. The first kappa shape index (κ1) is 34.1. The van der Waals surface area contributed by atoms with Gasteiger partial charge in [0, 0.05) is 36.0 Å². The summed E-state index contributed by atoms with van der Waals surface area (Å²) in [6.45, 7) is 5.77. The van der Waals surface area contributed by atoms with Crippen LogP contribution in [-0.4, -0.2) is 44.3 Å². The van der Waals surface area contributed by atoms with Crippen molar-refractivity contribution in [1.29, 1.82) is 0 Å². The van der Waals surface area contributed by atoms with Crippen molar-refractivity contribution in [1.82, 2.24) is 4.98 Å². The summed E-state index contributed by atoms with van der Waals surface area (Å²) in [5.74, 6) is -0.393. The molecular formula is C32H35F6NO4. The van der Waals surface area contributed by atoms with Crippen LogP contribution in [0.5, 0.6) is 0 Å². The van der Waals surface area contributed by atoms with Gasteiger partial charge in [-0.15, -0.1) is 0 Å². The molecule has 11 heteroatoms. The topological polar surface area (TPSA) is 57.7 Å². The fourth-order valence-electron chi connectivity index (χ4n) is 5.70. The summed E-state index contributed by atoms with van der Waals surface area (Å²) < 4.78 is 98.8. The molecule has 0 spiro atoms. The summed E-state index contributed by atoms with van der Waals surface area (Å²) in [4.78, 5) is 16.0. The zero-order valence-corrected chi connectivity index (χ0v) is 24.9. The number of hydrogen-bond acceptors (Lipinski definition) is 5. The van der Waals surface area contributed by atoms with Crippen molar-refractivity contribution >= 4 is 5.97 Å². The quantitative estimate of drug-likeness (QED) is 0.125. The maximum absolute atomic E-state index is 14.2. The number of methoxy groups -OCH3 is 2. The van der Waals surface area contributed by atoms with Crippen molar-refractivity contribution < 1.29 is 45.3 Å². The number of carbonyl (C=O) groups is 1. The fourth-order valence-corrected chi connectivity index (χ4v) is 5.70. The molecule has 0 unspecified atom stereocenters. The van der Waals surface area contributed by atoms with Gasteiger partial charge in [-0.05, 0) is 66.1 Å². The molecule has 3 rings (SSSR count). The Morgan fingerprint density at radius 1 is 0.814 bits per heavy atom. The summed E-state index contributed by atoms with van der Waals surface area (Å²) in [6, 6.07) is 11.2. The number of nitrogens with zero attached hydrogens (tertiary/aromatic N) is 1. The molecule has 3 aromatic rings. The van der Waals surface area contributed by atoms with Gasteiger partial charge in [0.05, 0.1) is 13.5 Å². The third-order valence-electron chi connectivity index (χ3n) is 8.02. The van der Waals surface area contributed by atoms with E-state index in [1.54, 1.807) is 12.4 Å². The number of halogens is 6. The van der Waals surface area contributed by atoms with E-state index in [2.05, 4.69) is 14.5 Å². The van der Waals surface area contributed by atoms with E-state index in [1.807, 2.05) is 45.0 Å². The first-order chi connectivity index (χ1) is 20.1. The number of rotatable bonds is 11. The number of pyridine rings is 1. The number of benzene rings is 2. The third-order valence-corrected chi connectivity index (χ3v) is 8.02. The molecule has 0 atom stereocenters. The Balaban J connectivity index is 2.13. The first-order valence-corrected chi connectivity index (χ1v) is 13.6. The predicted molar refractivity (Wildman–Crippen MR) is 149 cm³/mol. The molecule has 43 heavy (non-hydrogen) atoms. The highest BCUT2D eigenvalue weighted by molar-refractivity contribution is 5.74. The number of ether oxygens (including phenoxy) is 3. The van der Waals surface area contributed by atoms with Gasteiger partial charge in [0.1, 0.15) is 6.79 Å². The molecule has 0 aliphatic heterocycles. The average molecular weight is 612 g/mol. The minimum atomic E-state index is -5.81. The molecule has 0 saturated carbocycles. The smallest absolute Gasteiger partial charge is 0.430 e. The van der Waals surface area contributed by atoms with Crippen LogP contribution in [0, 0.1) is 13.8 Å². The molecule has 5 nitrogen and oxygen atoms in total. The zero-order chi connectivity index (χ0) is 32.2. The second kappa shape index (κ2) is 13.1. The number of carbonyl (C=O) groups excluding carboxylic acids is 1. The lowest BCUT2D eigenvalue weighted by molar-refractivity contribution is -0.400. The molecular weight excluding hydrogens is 576 g/mol. The molecule has 0 radical (unpaired) electrons. The highest BCUT2D eigenvalue weighted by Gasteiger charge is 2.74. The maximum atomic E-state index is 14.2. The van der Waals surface area contributed by atoms with Crippen LogP contribution in [0.15, 0.2) is 54.9 Å². The van der Waals surface area contributed by atoms with Gasteiger partial charge in [-0.2, -0.15) is 26.3 Å². The van der Waals surface area contributed by atoms with Crippen LogP contribution in [0.2, 0.25) is 0 Å². The lowest BCUT2D eigenvalue weighted by Gasteiger charge is -2.39. The van der Waals surface area contributed by atoms with E-state index < -0.39 is 41.7 Å². The molecule has 0 amide bonds. The van der Waals surface area contributed by atoms with Gasteiger partial charge in [-0.1, -0.05) is 50.2 Å². The van der Waals surface area contributed by atoms with E-state index >= 15 is 0 Å². The second-order valence-electron chi connectivity index (χ2n) is 10.4. The molecule has 1 heterocycles. The van der Waals surface area contributed by atoms with Crippen molar-refractivity contribution in [3.8, 4) is 11.1 Å². The van der Waals surface area contributed by atoms with Crippen molar-refractivity contribution in [3.05, 3.63) is 88.2 Å². The Morgan fingerprint density at radius 2 is 1.40 bits per heavy atom. The maximum Gasteiger partial charge on any atom is 0.430 e. The lowest BCUT2D eigenvalue weighted by atomic mass is 9.69. The van der Waals surface area contributed by atoms with E-state index in [9.17, 15) is 31.1 Å². The van der Waals surface area contributed by atoms with Gasteiger partial charge in [0.25, 0.3) is 5.60 Å². The third kappa shape index (κ3) is 6.43. The molecule has 0 aliphatic rings. The van der Waals surface area contributed by atoms with Crippen molar-refractivity contribution in [2.24, 2.45) is 0 Å². The summed E-state index contributed by atoms with van der Waals surface area (Å²) in [7, 11) is 2.26. The predicted octanol–water partition coefficient (Wildman–Crippen LogP) is 8.13.